The van der Waals surface area contributed by atoms with Gasteiger partial charge in [-0.2, -0.15) is 5.10 Å². The lowest BCUT2D eigenvalue weighted by Gasteiger charge is -2.36. The zero-order chi connectivity index (χ0) is 18.4. The van der Waals surface area contributed by atoms with Gasteiger partial charge in [0.2, 0.25) is 5.95 Å². The van der Waals surface area contributed by atoms with Crippen molar-refractivity contribution < 1.29 is 4.74 Å². The molecule has 5 heterocycles. The number of anilines is 1. The van der Waals surface area contributed by atoms with Crippen molar-refractivity contribution in [2.45, 2.75) is 44.8 Å². The first-order chi connectivity index (χ1) is 13.2. The molecule has 0 amide bonds. The normalized spacial score (nSPS) is 24.9. The minimum absolute atomic E-state index is 0.420. The van der Waals surface area contributed by atoms with Crippen LogP contribution in [0.1, 0.15) is 41.4 Å². The summed E-state index contributed by atoms with van der Waals surface area (Å²) in [5.74, 6) is 0.869. The highest BCUT2D eigenvalue weighted by molar-refractivity contribution is 5.38. The van der Waals surface area contributed by atoms with Crippen LogP contribution in [0.25, 0.3) is 6.20 Å². The summed E-state index contributed by atoms with van der Waals surface area (Å²) >= 11 is 0. The Morgan fingerprint density at radius 3 is 2.89 bits per heavy atom. The Morgan fingerprint density at radius 2 is 2.11 bits per heavy atom. The number of fused-ring (bicyclic) bond motifs is 4. The van der Waals surface area contributed by atoms with E-state index in [1.165, 1.54) is 35.4 Å². The second-order valence-corrected chi connectivity index (χ2v) is 7.68. The fourth-order valence-corrected chi connectivity index (χ4v) is 4.72. The molecule has 2 aromatic heterocycles. The summed E-state index contributed by atoms with van der Waals surface area (Å²) in [4.78, 5) is 14.5. The van der Waals surface area contributed by atoms with Gasteiger partial charge in [-0.3, -0.25) is 4.90 Å². The molecule has 2 bridgehead atoms. The molecule has 0 unspecified atom stereocenters. The summed E-state index contributed by atoms with van der Waals surface area (Å²) in [6.45, 7) is 10.2. The highest BCUT2D eigenvalue weighted by Gasteiger charge is 2.41. The third-order valence-electron chi connectivity index (χ3n) is 6.28. The van der Waals surface area contributed by atoms with Crippen molar-refractivity contribution in [1.29, 1.82) is 0 Å². The largest absolute Gasteiger partial charge is 0.378 e. The number of hydrogen-bond donors (Lipinski definition) is 0. The van der Waals surface area contributed by atoms with Crippen molar-refractivity contribution in [3.63, 3.8) is 0 Å². The van der Waals surface area contributed by atoms with E-state index in [9.17, 15) is 0 Å². The molecule has 3 aliphatic heterocycles. The summed E-state index contributed by atoms with van der Waals surface area (Å²) in [7, 11) is 0. The molecular formula is C20H26N6O. The summed E-state index contributed by atoms with van der Waals surface area (Å²) in [6.07, 6.45) is 9.24. The van der Waals surface area contributed by atoms with Crippen LogP contribution in [0.4, 0.5) is 5.95 Å². The molecular weight excluding hydrogens is 340 g/mol. The van der Waals surface area contributed by atoms with Gasteiger partial charge in [0.1, 0.15) is 0 Å². The fraction of sp³-hybridized carbons (Fsp3) is 0.550. The van der Waals surface area contributed by atoms with Crippen LogP contribution in [0.3, 0.4) is 0 Å². The maximum Gasteiger partial charge on any atom is 0.225 e. The number of ether oxygens (including phenoxy) is 1. The molecule has 0 saturated carbocycles. The van der Waals surface area contributed by atoms with E-state index in [-0.39, 0.29) is 0 Å². The Morgan fingerprint density at radius 1 is 1.26 bits per heavy atom. The minimum Gasteiger partial charge on any atom is -0.378 e. The molecule has 27 heavy (non-hydrogen) atoms. The molecule has 2 aromatic rings. The lowest BCUT2D eigenvalue weighted by atomic mass is 9.98. The molecule has 0 N–H and O–H groups in total. The van der Waals surface area contributed by atoms with E-state index in [1.54, 1.807) is 6.20 Å². The summed E-state index contributed by atoms with van der Waals surface area (Å²) in [6, 6.07) is 0.977. The van der Waals surface area contributed by atoms with Crippen molar-refractivity contribution in [3.05, 3.63) is 41.5 Å². The molecule has 2 atom stereocenters. The average Bonchev–Trinajstić information content (AvgIpc) is 3.20. The SMILES string of the molecule is C=Cn1ncc(CN2[C@H]3CC[C@@H]2c2cnc(N4CCOCC4)nc2C3)c1C. The Labute approximate surface area is 159 Å². The first-order valence-electron chi connectivity index (χ1n) is 9.84. The monoisotopic (exact) mass is 366 g/mol. The van der Waals surface area contributed by atoms with Crippen molar-refractivity contribution in [2.75, 3.05) is 31.2 Å². The summed E-state index contributed by atoms with van der Waals surface area (Å²) in [5, 5.41) is 4.41. The van der Waals surface area contributed by atoms with Gasteiger partial charge in [-0.1, -0.05) is 6.58 Å². The molecule has 0 spiro atoms. The van der Waals surface area contributed by atoms with Crippen LogP contribution in [0.5, 0.6) is 0 Å². The van der Waals surface area contributed by atoms with Crippen LogP contribution in [0.15, 0.2) is 19.0 Å². The number of hydrogen-bond acceptors (Lipinski definition) is 6. The number of aromatic nitrogens is 4. The molecule has 3 aliphatic rings. The van der Waals surface area contributed by atoms with Crippen molar-refractivity contribution >= 4 is 12.1 Å². The van der Waals surface area contributed by atoms with E-state index < -0.39 is 0 Å². The molecule has 7 nitrogen and oxygen atoms in total. The lowest BCUT2D eigenvalue weighted by Crippen LogP contribution is -2.40. The van der Waals surface area contributed by atoms with E-state index >= 15 is 0 Å². The Kier molecular flexibility index (Phi) is 4.21. The predicted octanol–water partition coefficient (Wildman–Crippen LogP) is 2.18. The number of morpholine rings is 1. The number of rotatable bonds is 4. The van der Waals surface area contributed by atoms with Gasteiger partial charge in [0, 0.05) is 67.4 Å². The van der Waals surface area contributed by atoms with Gasteiger partial charge in [0.05, 0.1) is 25.1 Å². The second kappa shape index (κ2) is 6.73. The Bertz CT molecular complexity index is 856. The first-order valence-corrected chi connectivity index (χ1v) is 9.84. The van der Waals surface area contributed by atoms with Crippen LogP contribution in [0.2, 0.25) is 0 Å². The van der Waals surface area contributed by atoms with Gasteiger partial charge in [-0.25, -0.2) is 14.6 Å². The van der Waals surface area contributed by atoms with Crippen LogP contribution in [-0.4, -0.2) is 57.0 Å². The van der Waals surface area contributed by atoms with Crippen LogP contribution in [0, 0.1) is 6.92 Å². The van der Waals surface area contributed by atoms with Crippen LogP contribution in [-0.2, 0) is 17.7 Å². The van der Waals surface area contributed by atoms with Gasteiger partial charge in [0.25, 0.3) is 0 Å². The predicted molar refractivity (Wildman–Crippen MR) is 103 cm³/mol. The third kappa shape index (κ3) is 2.85. The van der Waals surface area contributed by atoms with E-state index in [0.717, 1.165) is 45.2 Å². The number of nitrogens with zero attached hydrogens (tertiary/aromatic N) is 6. The van der Waals surface area contributed by atoms with Crippen molar-refractivity contribution in [1.82, 2.24) is 24.6 Å². The van der Waals surface area contributed by atoms with Gasteiger partial charge >= 0.3 is 0 Å². The molecule has 7 heteroatoms. The van der Waals surface area contributed by atoms with Gasteiger partial charge in [0.15, 0.2) is 0 Å². The van der Waals surface area contributed by atoms with Crippen LogP contribution < -0.4 is 4.90 Å². The minimum atomic E-state index is 0.420. The Hall–Kier alpha value is -2.25. The summed E-state index contributed by atoms with van der Waals surface area (Å²) < 4.78 is 7.31. The highest BCUT2D eigenvalue weighted by Crippen LogP contribution is 2.44. The Balaban J connectivity index is 1.40. The van der Waals surface area contributed by atoms with E-state index in [0.29, 0.717) is 12.1 Å². The van der Waals surface area contributed by atoms with Crippen LogP contribution >= 0.6 is 0 Å². The van der Waals surface area contributed by atoms with Crippen molar-refractivity contribution in [2.24, 2.45) is 0 Å². The molecule has 0 radical (unpaired) electrons. The second-order valence-electron chi connectivity index (χ2n) is 7.68. The standard InChI is InChI=1S/C20H26N6O/c1-3-26-14(2)15(11-22-26)13-25-16-4-5-19(25)17-12-21-20(23-18(17)10-16)24-6-8-27-9-7-24/h3,11-12,16,19H,1,4-10,13H2,2H3/t16-,19+/m0/s1. The first kappa shape index (κ1) is 16.9. The molecule has 0 aliphatic carbocycles. The van der Waals surface area contributed by atoms with Gasteiger partial charge in [-0.05, 0) is 19.8 Å². The fourth-order valence-electron chi connectivity index (χ4n) is 4.72. The molecule has 2 fully saturated rings. The molecule has 0 aromatic carbocycles. The quantitative estimate of drug-likeness (QED) is 0.827. The highest BCUT2D eigenvalue weighted by atomic mass is 16.5. The van der Waals surface area contributed by atoms with Gasteiger partial charge < -0.3 is 9.64 Å². The molecule has 142 valence electrons. The summed E-state index contributed by atoms with van der Waals surface area (Å²) in [5.41, 5.74) is 5.01. The zero-order valence-corrected chi connectivity index (χ0v) is 15.8. The maximum absolute atomic E-state index is 5.45. The third-order valence-corrected chi connectivity index (χ3v) is 6.28. The zero-order valence-electron chi connectivity index (χ0n) is 15.8. The topological polar surface area (TPSA) is 59.3 Å². The molecule has 5 rings (SSSR count). The van der Waals surface area contributed by atoms with Crippen molar-refractivity contribution in [3.8, 4) is 0 Å². The molecule has 2 saturated heterocycles. The van der Waals surface area contributed by atoms with E-state index in [2.05, 4.69) is 34.6 Å². The van der Waals surface area contributed by atoms with E-state index in [1.807, 2.05) is 10.9 Å². The van der Waals surface area contributed by atoms with Gasteiger partial charge in [-0.15, -0.1) is 0 Å². The maximum atomic E-state index is 5.45. The lowest BCUT2D eigenvalue weighted by molar-refractivity contribution is 0.122. The average molecular weight is 366 g/mol. The van der Waals surface area contributed by atoms with E-state index in [4.69, 9.17) is 14.7 Å². The smallest absolute Gasteiger partial charge is 0.225 e.